The number of amides is 1. The summed E-state index contributed by atoms with van der Waals surface area (Å²) < 4.78 is 29.4. The van der Waals surface area contributed by atoms with E-state index < -0.39 is 11.6 Å². The van der Waals surface area contributed by atoms with E-state index in [1.807, 2.05) is 20.3 Å². The molecule has 1 fully saturated rings. The van der Waals surface area contributed by atoms with Crippen LogP contribution in [0.5, 0.6) is 0 Å². The van der Waals surface area contributed by atoms with Gasteiger partial charge in [-0.05, 0) is 45.1 Å². The van der Waals surface area contributed by atoms with E-state index in [2.05, 4.69) is 29.7 Å². The Kier molecular flexibility index (Phi) is 5.99. The molecule has 0 unspecified atom stereocenters. The highest BCUT2D eigenvalue weighted by Gasteiger charge is 2.30. The number of anilines is 2. The van der Waals surface area contributed by atoms with Gasteiger partial charge in [0.1, 0.15) is 23.8 Å². The van der Waals surface area contributed by atoms with Crippen LogP contribution in [-0.2, 0) is 17.8 Å². The monoisotopic (exact) mass is 467 g/mol. The van der Waals surface area contributed by atoms with Crippen molar-refractivity contribution in [2.45, 2.75) is 31.7 Å². The molecule has 5 rings (SSSR count). The lowest BCUT2D eigenvalue weighted by Crippen LogP contribution is -2.35. The number of likely N-dealkylation sites (N-methyl/N-ethyl adjacent to an activating group) is 1. The van der Waals surface area contributed by atoms with Crippen LogP contribution in [0.1, 0.15) is 30.1 Å². The number of nitrogens with one attached hydrogen (secondary N) is 1. The van der Waals surface area contributed by atoms with Gasteiger partial charge in [-0.1, -0.05) is 0 Å². The summed E-state index contributed by atoms with van der Waals surface area (Å²) in [5.41, 5.74) is 2.07. The quantitative estimate of drug-likeness (QED) is 0.600. The molecule has 2 aromatic heterocycles. The smallest absolute Gasteiger partial charge is 0.230 e. The van der Waals surface area contributed by atoms with Crippen LogP contribution in [0.25, 0.3) is 11.3 Å². The number of nitrogens with zero attached hydrogens (tertiary/aromatic N) is 6. The van der Waals surface area contributed by atoms with Gasteiger partial charge in [-0.2, -0.15) is 0 Å². The predicted octanol–water partition coefficient (Wildman–Crippen LogP) is 3.06. The normalized spacial score (nSPS) is 16.3. The molecular formula is C24H27F2N7O. The van der Waals surface area contributed by atoms with Gasteiger partial charge >= 0.3 is 0 Å². The second kappa shape index (κ2) is 9.09. The number of fused-ring (bicyclic) bond motifs is 1. The first-order valence-corrected chi connectivity index (χ1v) is 11.4. The molecule has 4 heterocycles. The summed E-state index contributed by atoms with van der Waals surface area (Å²) >= 11 is 0. The summed E-state index contributed by atoms with van der Waals surface area (Å²) in [5, 5.41) is 2.78. The first-order chi connectivity index (χ1) is 16.4. The standard InChI is InChI=1S/C24H27F2N7O/c1-31(2)9-10-33-13-20(16-3-4-18(25)19(26)11-16)29-23(33)15-5-7-32(8-6-15)24-17-12-21(34)30-22(17)27-14-28-24/h3-4,11,13-15H,5-10,12H2,1-2H3,(H,27,28,30,34). The van der Waals surface area contributed by atoms with E-state index >= 15 is 0 Å². The van der Waals surface area contributed by atoms with Crippen LogP contribution in [0.15, 0.2) is 30.7 Å². The average molecular weight is 468 g/mol. The fourth-order valence-corrected chi connectivity index (χ4v) is 4.67. The molecule has 0 atom stereocenters. The molecule has 3 aromatic rings. The number of piperidine rings is 1. The Labute approximate surface area is 196 Å². The van der Waals surface area contributed by atoms with Crippen LogP contribution < -0.4 is 10.2 Å². The van der Waals surface area contributed by atoms with Crippen LogP contribution in [0, 0.1) is 11.6 Å². The van der Waals surface area contributed by atoms with E-state index in [1.165, 1.54) is 12.4 Å². The summed E-state index contributed by atoms with van der Waals surface area (Å²) in [6, 6.07) is 3.90. The lowest BCUT2D eigenvalue weighted by Gasteiger charge is -2.33. The Morgan fingerprint density at radius 2 is 1.94 bits per heavy atom. The third kappa shape index (κ3) is 4.37. The Bertz CT molecular complexity index is 1220. The Morgan fingerprint density at radius 3 is 2.68 bits per heavy atom. The van der Waals surface area contributed by atoms with Crippen LogP contribution in [0.4, 0.5) is 20.4 Å². The highest BCUT2D eigenvalue weighted by Crippen LogP contribution is 2.35. The molecule has 10 heteroatoms. The highest BCUT2D eigenvalue weighted by atomic mass is 19.2. The molecule has 2 aliphatic heterocycles. The van der Waals surface area contributed by atoms with Crippen molar-refractivity contribution < 1.29 is 13.6 Å². The molecule has 34 heavy (non-hydrogen) atoms. The van der Waals surface area contributed by atoms with E-state index in [-0.39, 0.29) is 11.8 Å². The average Bonchev–Trinajstić information content (AvgIpc) is 3.42. The number of aromatic nitrogens is 4. The SMILES string of the molecule is CN(C)CCn1cc(-c2ccc(F)c(F)c2)nc1C1CCN(c2ncnc3c2CC(=O)N3)CC1. The number of rotatable bonds is 6. The summed E-state index contributed by atoms with van der Waals surface area (Å²) in [5.74, 6) is 0.821. The van der Waals surface area contributed by atoms with Crippen molar-refractivity contribution in [3.8, 4) is 11.3 Å². The van der Waals surface area contributed by atoms with Crippen molar-refractivity contribution in [2.24, 2.45) is 0 Å². The summed E-state index contributed by atoms with van der Waals surface area (Å²) in [7, 11) is 4.04. The number of imidazole rings is 1. The van der Waals surface area contributed by atoms with Crippen molar-refractivity contribution in [3.05, 3.63) is 53.7 Å². The van der Waals surface area contributed by atoms with E-state index in [9.17, 15) is 13.6 Å². The molecule has 1 N–H and O–H groups in total. The van der Waals surface area contributed by atoms with Gasteiger partial charge in [0.2, 0.25) is 5.91 Å². The fraction of sp³-hybridized carbons (Fsp3) is 0.417. The minimum absolute atomic E-state index is 0.0562. The van der Waals surface area contributed by atoms with Gasteiger partial charge in [0.25, 0.3) is 0 Å². The van der Waals surface area contributed by atoms with Crippen LogP contribution in [-0.4, -0.2) is 64.1 Å². The molecule has 8 nitrogen and oxygen atoms in total. The molecular weight excluding hydrogens is 440 g/mol. The molecule has 0 radical (unpaired) electrons. The van der Waals surface area contributed by atoms with Crippen LogP contribution >= 0.6 is 0 Å². The molecule has 1 amide bonds. The second-order valence-electron chi connectivity index (χ2n) is 9.12. The Hall–Kier alpha value is -3.40. The molecule has 0 bridgehead atoms. The van der Waals surface area contributed by atoms with Gasteiger partial charge in [0.05, 0.1) is 12.1 Å². The maximum atomic E-state index is 13.8. The van der Waals surface area contributed by atoms with Crippen molar-refractivity contribution in [3.63, 3.8) is 0 Å². The summed E-state index contributed by atoms with van der Waals surface area (Å²) in [4.78, 5) is 29.7. The Balaban J connectivity index is 1.37. The zero-order chi connectivity index (χ0) is 23.8. The van der Waals surface area contributed by atoms with E-state index in [0.717, 1.165) is 62.3 Å². The van der Waals surface area contributed by atoms with Gasteiger partial charge < -0.3 is 19.7 Å². The van der Waals surface area contributed by atoms with Gasteiger partial charge in [-0.3, -0.25) is 4.79 Å². The van der Waals surface area contributed by atoms with Gasteiger partial charge in [0.15, 0.2) is 11.6 Å². The fourth-order valence-electron chi connectivity index (χ4n) is 4.67. The van der Waals surface area contributed by atoms with Crippen molar-refractivity contribution in [1.29, 1.82) is 0 Å². The summed E-state index contributed by atoms with van der Waals surface area (Å²) in [6.45, 7) is 3.16. The highest BCUT2D eigenvalue weighted by molar-refractivity contribution is 5.99. The zero-order valence-electron chi connectivity index (χ0n) is 19.3. The minimum Gasteiger partial charge on any atom is -0.356 e. The Morgan fingerprint density at radius 1 is 1.15 bits per heavy atom. The van der Waals surface area contributed by atoms with Crippen LogP contribution in [0.3, 0.4) is 0 Å². The molecule has 0 spiro atoms. The molecule has 1 aromatic carbocycles. The van der Waals surface area contributed by atoms with E-state index in [0.29, 0.717) is 23.5 Å². The van der Waals surface area contributed by atoms with Crippen molar-refractivity contribution in [2.75, 3.05) is 43.9 Å². The first-order valence-electron chi connectivity index (χ1n) is 11.4. The van der Waals surface area contributed by atoms with E-state index in [4.69, 9.17) is 4.98 Å². The number of hydrogen-bond donors (Lipinski definition) is 1. The van der Waals surface area contributed by atoms with Gasteiger partial charge in [-0.25, -0.2) is 23.7 Å². The minimum atomic E-state index is -0.874. The maximum absolute atomic E-state index is 13.8. The molecule has 0 saturated carbocycles. The number of benzene rings is 1. The third-order valence-corrected chi connectivity index (χ3v) is 6.49. The van der Waals surface area contributed by atoms with Crippen LogP contribution in [0.2, 0.25) is 0 Å². The molecule has 2 aliphatic rings. The molecule has 0 aliphatic carbocycles. The largest absolute Gasteiger partial charge is 0.356 e. The third-order valence-electron chi connectivity index (χ3n) is 6.49. The molecule has 178 valence electrons. The van der Waals surface area contributed by atoms with Crippen molar-refractivity contribution >= 4 is 17.5 Å². The van der Waals surface area contributed by atoms with E-state index in [1.54, 1.807) is 6.07 Å². The maximum Gasteiger partial charge on any atom is 0.230 e. The van der Waals surface area contributed by atoms with Gasteiger partial charge in [0, 0.05) is 49.4 Å². The lowest BCUT2D eigenvalue weighted by atomic mass is 9.95. The summed E-state index contributed by atoms with van der Waals surface area (Å²) in [6.07, 6.45) is 5.48. The lowest BCUT2D eigenvalue weighted by molar-refractivity contribution is -0.115. The zero-order valence-corrected chi connectivity index (χ0v) is 19.3. The van der Waals surface area contributed by atoms with Gasteiger partial charge in [-0.15, -0.1) is 0 Å². The first kappa shape index (κ1) is 22.4. The van der Waals surface area contributed by atoms with Crippen molar-refractivity contribution in [1.82, 2.24) is 24.4 Å². The number of carbonyl (C=O) groups is 1. The topological polar surface area (TPSA) is 79.2 Å². The predicted molar refractivity (Wildman–Crippen MR) is 125 cm³/mol. The number of hydrogen-bond acceptors (Lipinski definition) is 6. The molecule has 1 saturated heterocycles. The number of halogens is 2. The second-order valence-corrected chi connectivity index (χ2v) is 9.12. The number of carbonyl (C=O) groups excluding carboxylic acids is 1.